The van der Waals surface area contributed by atoms with E-state index in [9.17, 15) is 5.11 Å². The minimum absolute atomic E-state index is 0.196. The molecular weight excluding hydrogens is 304 g/mol. The van der Waals surface area contributed by atoms with E-state index in [4.69, 9.17) is 15.2 Å². The molecule has 5 nitrogen and oxygen atoms in total. The van der Waals surface area contributed by atoms with Gasteiger partial charge in [0.2, 0.25) is 0 Å². The van der Waals surface area contributed by atoms with E-state index in [0.29, 0.717) is 6.42 Å². The van der Waals surface area contributed by atoms with Crippen LogP contribution in [0.25, 0.3) is 10.9 Å². The number of benzene rings is 1. The number of nitrogens with two attached hydrogens (primary N) is 1. The lowest BCUT2D eigenvalue weighted by Gasteiger charge is -2.32. The molecule has 0 saturated heterocycles. The Hall–Kier alpha value is -1.85. The summed E-state index contributed by atoms with van der Waals surface area (Å²) in [6.45, 7) is 0. The second-order valence-corrected chi connectivity index (χ2v) is 7.01. The molecular formula is C19H24N2O3. The Bertz CT molecular complexity index is 741. The van der Waals surface area contributed by atoms with Crippen molar-refractivity contribution in [2.24, 2.45) is 11.7 Å². The smallest absolute Gasteiger partial charge is 0.142 e. The number of methoxy groups -OCH3 is 1. The van der Waals surface area contributed by atoms with E-state index >= 15 is 0 Å². The number of hydrogen-bond acceptors (Lipinski definition) is 5. The lowest BCUT2D eigenvalue weighted by Crippen LogP contribution is -2.40. The minimum atomic E-state index is -0.453. The highest BCUT2D eigenvalue weighted by atomic mass is 16.5. The van der Waals surface area contributed by atoms with E-state index in [-0.39, 0.29) is 18.1 Å². The molecule has 1 fully saturated rings. The van der Waals surface area contributed by atoms with Crippen LogP contribution in [0.5, 0.6) is 11.5 Å². The standard InChI is InChI=1S/C19H24N2O3/c1-23-13-6-7-16-14(8-13)15-9-17(24-18(15)10-21-16)19(22)11-2-4-12(20)5-3-11/h6-8,10-12,17,19,22H,2-5,9,20H2,1H3. The summed E-state index contributed by atoms with van der Waals surface area (Å²) >= 11 is 0. The zero-order valence-electron chi connectivity index (χ0n) is 13.9. The first-order valence-corrected chi connectivity index (χ1v) is 8.71. The quantitative estimate of drug-likeness (QED) is 0.905. The Labute approximate surface area is 141 Å². The summed E-state index contributed by atoms with van der Waals surface area (Å²) < 4.78 is 11.4. The SMILES string of the molecule is COc1ccc2ncc3c(c2c1)CC(C(O)C1CCC(N)CC1)O3. The highest BCUT2D eigenvalue weighted by molar-refractivity contribution is 5.86. The molecule has 2 unspecified atom stereocenters. The van der Waals surface area contributed by atoms with Gasteiger partial charge in [0.15, 0.2) is 0 Å². The molecule has 2 heterocycles. The van der Waals surface area contributed by atoms with Gasteiger partial charge < -0.3 is 20.3 Å². The molecule has 0 spiro atoms. The topological polar surface area (TPSA) is 77.6 Å². The molecule has 24 heavy (non-hydrogen) atoms. The number of fused-ring (bicyclic) bond motifs is 3. The van der Waals surface area contributed by atoms with Crippen molar-refractivity contribution in [3.05, 3.63) is 30.0 Å². The highest BCUT2D eigenvalue weighted by Gasteiger charge is 2.36. The maximum Gasteiger partial charge on any atom is 0.142 e. The molecule has 1 saturated carbocycles. The van der Waals surface area contributed by atoms with Gasteiger partial charge in [-0.15, -0.1) is 0 Å². The van der Waals surface area contributed by atoms with Crippen LogP contribution in [0, 0.1) is 5.92 Å². The van der Waals surface area contributed by atoms with Gasteiger partial charge in [-0.25, -0.2) is 0 Å². The number of aromatic nitrogens is 1. The van der Waals surface area contributed by atoms with Crippen molar-refractivity contribution in [3.8, 4) is 11.5 Å². The fraction of sp³-hybridized carbons (Fsp3) is 0.526. The van der Waals surface area contributed by atoms with Crippen LogP contribution in [0.15, 0.2) is 24.4 Å². The van der Waals surface area contributed by atoms with Gasteiger partial charge in [0.05, 0.1) is 24.9 Å². The molecule has 0 radical (unpaired) electrons. The normalized spacial score (nSPS) is 27.5. The van der Waals surface area contributed by atoms with Crippen LogP contribution in [0.4, 0.5) is 0 Å². The van der Waals surface area contributed by atoms with Crippen molar-refractivity contribution in [1.82, 2.24) is 4.98 Å². The van der Waals surface area contributed by atoms with Gasteiger partial charge in [-0.1, -0.05) is 0 Å². The third kappa shape index (κ3) is 2.72. The molecule has 5 heteroatoms. The largest absolute Gasteiger partial charge is 0.497 e. The molecule has 4 rings (SSSR count). The van der Waals surface area contributed by atoms with E-state index < -0.39 is 6.10 Å². The van der Waals surface area contributed by atoms with Gasteiger partial charge in [-0.2, -0.15) is 0 Å². The molecule has 2 aromatic rings. The molecule has 1 aromatic carbocycles. The molecule has 0 bridgehead atoms. The monoisotopic (exact) mass is 328 g/mol. The Balaban J connectivity index is 1.58. The summed E-state index contributed by atoms with van der Waals surface area (Å²) in [5.74, 6) is 1.87. The number of pyridine rings is 1. The fourth-order valence-electron chi connectivity index (χ4n) is 4.03. The number of ether oxygens (including phenoxy) is 2. The van der Waals surface area contributed by atoms with Gasteiger partial charge in [-0.05, 0) is 49.8 Å². The second kappa shape index (κ2) is 6.22. The first-order valence-electron chi connectivity index (χ1n) is 8.71. The van der Waals surface area contributed by atoms with Crippen LogP contribution in [-0.2, 0) is 6.42 Å². The third-order valence-electron chi connectivity index (χ3n) is 5.51. The van der Waals surface area contributed by atoms with Crippen LogP contribution in [-0.4, -0.2) is 35.5 Å². The van der Waals surface area contributed by atoms with Gasteiger partial charge in [0.1, 0.15) is 17.6 Å². The lowest BCUT2D eigenvalue weighted by atomic mass is 9.80. The maximum atomic E-state index is 10.8. The summed E-state index contributed by atoms with van der Waals surface area (Å²) in [5, 5.41) is 11.8. The van der Waals surface area contributed by atoms with Crippen molar-refractivity contribution >= 4 is 10.9 Å². The van der Waals surface area contributed by atoms with E-state index in [1.807, 2.05) is 18.2 Å². The fourth-order valence-corrected chi connectivity index (χ4v) is 4.03. The van der Waals surface area contributed by atoms with Gasteiger partial charge in [-0.3, -0.25) is 4.98 Å². The summed E-state index contributed by atoms with van der Waals surface area (Å²) in [6.07, 6.45) is 5.77. The number of aliphatic hydroxyl groups is 1. The highest BCUT2D eigenvalue weighted by Crippen LogP contribution is 2.38. The Morgan fingerprint density at radius 1 is 1.29 bits per heavy atom. The minimum Gasteiger partial charge on any atom is -0.497 e. The van der Waals surface area contributed by atoms with Crippen molar-refractivity contribution < 1.29 is 14.6 Å². The van der Waals surface area contributed by atoms with E-state index in [1.165, 1.54) is 0 Å². The Kier molecular flexibility index (Phi) is 4.06. The van der Waals surface area contributed by atoms with Crippen LogP contribution in [0.3, 0.4) is 0 Å². The molecule has 128 valence electrons. The first-order chi connectivity index (χ1) is 11.7. The third-order valence-corrected chi connectivity index (χ3v) is 5.51. The van der Waals surface area contributed by atoms with Crippen LogP contribution in [0.1, 0.15) is 31.2 Å². The summed E-state index contributed by atoms with van der Waals surface area (Å²) in [5.41, 5.74) is 8.02. The van der Waals surface area contributed by atoms with Crippen molar-refractivity contribution in [3.63, 3.8) is 0 Å². The molecule has 1 aliphatic heterocycles. The van der Waals surface area contributed by atoms with Gasteiger partial charge in [0, 0.05) is 23.4 Å². The number of aliphatic hydroxyl groups excluding tert-OH is 1. The van der Waals surface area contributed by atoms with Crippen molar-refractivity contribution in [2.75, 3.05) is 7.11 Å². The second-order valence-electron chi connectivity index (χ2n) is 7.01. The van der Waals surface area contributed by atoms with E-state index in [1.54, 1.807) is 13.3 Å². The van der Waals surface area contributed by atoms with Crippen LogP contribution in [0.2, 0.25) is 0 Å². The Morgan fingerprint density at radius 3 is 2.83 bits per heavy atom. The number of nitrogens with zero attached hydrogens (tertiary/aromatic N) is 1. The van der Waals surface area contributed by atoms with Gasteiger partial charge in [0.25, 0.3) is 0 Å². The predicted molar refractivity (Wildman–Crippen MR) is 92.4 cm³/mol. The van der Waals surface area contributed by atoms with Crippen molar-refractivity contribution in [2.45, 2.75) is 50.4 Å². The van der Waals surface area contributed by atoms with Gasteiger partial charge >= 0.3 is 0 Å². The molecule has 1 aliphatic carbocycles. The van der Waals surface area contributed by atoms with Crippen LogP contribution < -0.4 is 15.2 Å². The molecule has 3 N–H and O–H groups in total. The molecule has 0 amide bonds. The molecule has 2 aliphatic rings. The predicted octanol–water partition coefficient (Wildman–Crippen LogP) is 2.43. The van der Waals surface area contributed by atoms with E-state index in [2.05, 4.69) is 4.98 Å². The van der Waals surface area contributed by atoms with Crippen LogP contribution >= 0.6 is 0 Å². The summed E-state index contributed by atoms with van der Waals surface area (Å²) in [4.78, 5) is 4.47. The summed E-state index contributed by atoms with van der Waals surface area (Å²) in [6, 6.07) is 6.16. The number of hydrogen-bond donors (Lipinski definition) is 2. The Morgan fingerprint density at radius 2 is 2.08 bits per heavy atom. The molecule has 1 aromatic heterocycles. The van der Waals surface area contributed by atoms with E-state index in [0.717, 1.165) is 53.6 Å². The first kappa shape index (κ1) is 15.7. The average molecular weight is 328 g/mol. The zero-order valence-corrected chi connectivity index (χ0v) is 13.9. The lowest BCUT2D eigenvalue weighted by molar-refractivity contribution is -0.00535. The number of rotatable bonds is 3. The summed E-state index contributed by atoms with van der Waals surface area (Å²) in [7, 11) is 1.66. The maximum absolute atomic E-state index is 10.8. The average Bonchev–Trinajstić information content (AvgIpc) is 3.06. The van der Waals surface area contributed by atoms with Crippen molar-refractivity contribution in [1.29, 1.82) is 0 Å². The zero-order chi connectivity index (χ0) is 16.7. The molecule has 2 atom stereocenters.